The summed E-state index contributed by atoms with van der Waals surface area (Å²) in [4.78, 5) is 12.1. The fraction of sp³-hybridized carbons (Fsp3) is 0.636. The van der Waals surface area contributed by atoms with Gasteiger partial charge in [-0.2, -0.15) is 5.10 Å². The number of carbonyl (C=O) groups excluding carboxylic acids is 1. The maximum Gasteiger partial charge on any atom is 0.230 e. The highest BCUT2D eigenvalue weighted by Gasteiger charge is 2.42. The van der Waals surface area contributed by atoms with Gasteiger partial charge in [0.2, 0.25) is 5.91 Å². The maximum atomic E-state index is 12.1. The van der Waals surface area contributed by atoms with Gasteiger partial charge < -0.3 is 10.6 Å². The van der Waals surface area contributed by atoms with Crippen molar-refractivity contribution in [2.45, 2.75) is 38.3 Å². The molecule has 0 radical (unpaired) electrons. The van der Waals surface area contributed by atoms with Crippen LogP contribution in [-0.2, 0) is 4.79 Å². The van der Waals surface area contributed by atoms with E-state index in [2.05, 4.69) is 20.8 Å². The van der Waals surface area contributed by atoms with E-state index in [4.69, 9.17) is 0 Å². The Kier molecular flexibility index (Phi) is 2.21. The Balaban J connectivity index is 1.68. The second-order valence-electron chi connectivity index (χ2n) is 4.81. The predicted molar refractivity (Wildman–Crippen MR) is 60.0 cm³/mol. The number of carbonyl (C=O) groups is 1. The zero-order valence-corrected chi connectivity index (χ0v) is 9.29. The van der Waals surface area contributed by atoms with Crippen molar-refractivity contribution in [3.63, 3.8) is 0 Å². The minimum atomic E-state index is 0.118. The van der Waals surface area contributed by atoms with E-state index in [9.17, 15) is 4.79 Å². The van der Waals surface area contributed by atoms with E-state index in [0.29, 0.717) is 12.1 Å². The summed E-state index contributed by atoms with van der Waals surface area (Å²) in [7, 11) is 0. The molecule has 0 aromatic carbocycles. The van der Waals surface area contributed by atoms with E-state index in [1.54, 1.807) is 6.20 Å². The molecule has 0 aliphatic carbocycles. The van der Waals surface area contributed by atoms with Crippen molar-refractivity contribution in [2.24, 2.45) is 5.92 Å². The standard InChI is InChI=1S/C11H16N4O/c1-6-5-12-15-10(6)14-11(16)8-4-7-2-3-9(8)13-7/h5,7-9,13H,2-4H2,1H3,(H2,12,14,15,16). The molecule has 1 aromatic rings. The number of rotatable bonds is 2. The van der Waals surface area contributed by atoms with E-state index in [0.717, 1.165) is 24.2 Å². The molecule has 3 unspecified atom stereocenters. The number of hydrogen-bond donors (Lipinski definition) is 3. The SMILES string of the molecule is Cc1cn[nH]c1NC(=O)C1CC2CCC1N2. The summed E-state index contributed by atoms with van der Waals surface area (Å²) in [6.07, 6.45) is 5.04. The molecule has 3 rings (SSSR count). The van der Waals surface area contributed by atoms with Gasteiger partial charge >= 0.3 is 0 Å². The van der Waals surface area contributed by atoms with Crippen LogP contribution in [-0.4, -0.2) is 28.2 Å². The van der Waals surface area contributed by atoms with E-state index in [1.165, 1.54) is 6.42 Å². The Bertz CT molecular complexity index is 414. The monoisotopic (exact) mass is 220 g/mol. The fourth-order valence-electron chi connectivity index (χ4n) is 2.80. The molecule has 2 fully saturated rings. The van der Waals surface area contributed by atoms with Crippen molar-refractivity contribution in [3.05, 3.63) is 11.8 Å². The molecule has 3 heterocycles. The summed E-state index contributed by atoms with van der Waals surface area (Å²) in [6, 6.07) is 0.942. The van der Waals surface area contributed by atoms with Gasteiger partial charge in [0.1, 0.15) is 5.82 Å². The summed E-state index contributed by atoms with van der Waals surface area (Å²) in [6.45, 7) is 1.93. The minimum absolute atomic E-state index is 0.118. The normalized spacial score (nSPS) is 31.9. The lowest BCUT2D eigenvalue weighted by Gasteiger charge is -2.18. The Hall–Kier alpha value is -1.36. The number of nitrogens with zero attached hydrogens (tertiary/aromatic N) is 1. The highest BCUT2D eigenvalue weighted by Crippen LogP contribution is 2.33. The van der Waals surface area contributed by atoms with Crippen LogP contribution < -0.4 is 10.6 Å². The second-order valence-corrected chi connectivity index (χ2v) is 4.81. The van der Waals surface area contributed by atoms with Gasteiger partial charge in [-0.1, -0.05) is 0 Å². The lowest BCUT2D eigenvalue weighted by Crippen LogP contribution is -2.33. The molecule has 2 aliphatic heterocycles. The summed E-state index contributed by atoms with van der Waals surface area (Å²) in [5.41, 5.74) is 0.976. The van der Waals surface area contributed by atoms with E-state index >= 15 is 0 Å². The third-order valence-corrected chi connectivity index (χ3v) is 3.71. The average Bonchev–Trinajstić information content (AvgIpc) is 2.95. The first-order chi connectivity index (χ1) is 7.74. The maximum absolute atomic E-state index is 12.1. The molecule has 3 N–H and O–H groups in total. The average molecular weight is 220 g/mol. The number of H-pyrrole nitrogens is 1. The first-order valence-corrected chi connectivity index (χ1v) is 5.81. The Morgan fingerprint density at radius 3 is 3.00 bits per heavy atom. The molecule has 2 saturated heterocycles. The topological polar surface area (TPSA) is 69.8 Å². The molecule has 3 atom stereocenters. The number of nitrogens with one attached hydrogen (secondary N) is 3. The van der Waals surface area contributed by atoms with Crippen molar-refractivity contribution in [2.75, 3.05) is 5.32 Å². The van der Waals surface area contributed by atoms with Crippen LogP contribution in [0.5, 0.6) is 0 Å². The van der Waals surface area contributed by atoms with Crippen LogP contribution in [0.4, 0.5) is 5.82 Å². The Labute approximate surface area is 94.0 Å². The number of amides is 1. The van der Waals surface area contributed by atoms with E-state index in [-0.39, 0.29) is 11.8 Å². The first kappa shape index (κ1) is 9.84. The molecule has 86 valence electrons. The smallest absolute Gasteiger partial charge is 0.230 e. The largest absolute Gasteiger partial charge is 0.311 e. The Morgan fingerprint density at radius 2 is 2.44 bits per heavy atom. The lowest BCUT2D eigenvalue weighted by atomic mass is 9.88. The van der Waals surface area contributed by atoms with Gasteiger partial charge in [0.25, 0.3) is 0 Å². The highest BCUT2D eigenvalue weighted by molar-refractivity contribution is 5.93. The number of fused-ring (bicyclic) bond motifs is 2. The van der Waals surface area contributed by atoms with E-state index in [1.807, 2.05) is 6.92 Å². The van der Waals surface area contributed by atoms with Crippen LogP contribution in [0.25, 0.3) is 0 Å². The quantitative estimate of drug-likeness (QED) is 0.690. The highest BCUT2D eigenvalue weighted by atomic mass is 16.2. The minimum Gasteiger partial charge on any atom is -0.311 e. The van der Waals surface area contributed by atoms with Gasteiger partial charge in [-0.05, 0) is 26.2 Å². The number of aromatic amines is 1. The van der Waals surface area contributed by atoms with Crippen LogP contribution in [0.3, 0.4) is 0 Å². The third-order valence-electron chi connectivity index (χ3n) is 3.71. The third kappa shape index (κ3) is 1.51. The zero-order chi connectivity index (χ0) is 11.1. The van der Waals surface area contributed by atoms with Crippen molar-refractivity contribution >= 4 is 11.7 Å². The molecule has 16 heavy (non-hydrogen) atoms. The van der Waals surface area contributed by atoms with Gasteiger partial charge in [-0.15, -0.1) is 0 Å². The van der Waals surface area contributed by atoms with Gasteiger partial charge in [-0.3, -0.25) is 9.89 Å². The molecule has 0 saturated carbocycles. The van der Waals surface area contributed by atoms with Gasteiger partial charge in [0, 0.05) is 17.6 Å². The molecule has 5 heteroatoms. The molecule has 1 amide bonds. The van der Waals surface area contributed by atoms with Crippen LogP contribution >= 0.6 is 0 Å². The lowest BCUT2D eigenvalue weighted by molar-refractivity contribution is -0.120. The van der Waals surface area contributed by atoms with Crippen molar-refractivity contribution in [1.29, 1.82) is 0 Å². The first-order valence-electron chi connectivity index (χ1n) is 5.81. The van der Waals surface area contributed by atoms with Crippen molar-refractivity contribution < 1.29 is 4.79 Å². The van der Waals surface area contributed by atoms with Crippen LogP contribution in [0, 0.1) is 12.8 Å². The van der Waals surface area contributed by atoms with Crippen molar-refractivity contribution in [1.82, 2.24) is 15.5 Å². The van der Waals surface area contributed by atoms with Gasteiger partial charge in [-0.25, -0.2) is 0 Å². The van der Waals surface area contributed by atoms with Gasteiger partial charge in [0.15, 0.2) is 0 Å². The summed E-state index contributed by atoms with van der Waals surface area (Å²) >= 11 is 0. The molecule has 0 spiro atoms. The molecule has 1 aromatic heterocycles. The number of aryl methyl sites for hydroxylation is 1. The van der Waals surface area contributed by atoms with Crippen LogP contribution in [0.1, 0.15) is 24.8 Å². The number of hydrogen-bond acceptors (Lipinski definition) is 3. The summed E-state index contributed by atoms with van der Waals surface area (Å²) in [5.74, 6) is 0.973. The number of aromatic nitrogens is 2. The Morgan fingerprint density at radius 1 is 1.56 bits per heavy atom. The van der Waals surface area contributed by atoms with Crippen molar-refractivity contribution in [3.8, 4) is 0 Å². The van der Waals surface area contributed by atoms with Gasteiger partial charge in [0.05, 0.1) is 12.1 Å². The summed E-state index contributed by atoms with van der Waals surface area (Å²) in [5, 5.41) is 13.1. The van der Waals surface area contributed by atoms with Crippen LogP contribution in [0.2, 0.25) is 0 Å². The number of anilines is 1. The fourth-order valence-corrected chi connectivity index (χ4v) is 2.80. The zero-order valence-electron chi connectivity index (χ0n) is 9.29. The molecule has 2 bridgehead atoms. The van der Waals surface area contributed by atoms with Crippen LogP contribution in [0.15, 0.2) is 6.20 Å². The van der Waals surface area contributed by atoms with E-state index < -0.39 is 0 Å². The predicted octanol–water partition coefficient (Wildman–Crippen LogP) is 0.797. The molecule has 2 aliphatic rings. The second kappa shape index (κ2) is 3.59. The summed E-state index contributed by atoms with van der Waals surface area (Å²) < 4.78 is 0. The molecular formula is C11H16N4O. The molecule has 5 nitrogen and oxygen atoms in total. The molecular weight excluding hydrogens is 204 g/mol.